The van der Waals surface area contributed by atoms with Crippen LogP contribution >= 0.6 is 11.3 Å². The molecule has 132 valence electrons. The van der Waals surface area contributed by atoms with E-state index < -0.39 is 23.4 Å². The average Bonchev–Trinajstić information content (AvgIpc) is 3.07. The molecule has 1 aromatic heterocycles. The number of nitrogens with zero attached hydrogens (tertiary/aromatic N) is 1. The first kappa shape index (κ1) is 18.4. The van der Waals surface area contributed by atoms with Crippen LogP contribution in [-0.4, -0.2) is 30.0 Å². The number of hydrogen-bond donors (Lipinski definition) is 1. The predicted molar refractivity (Wildman–Crippen MR) is 91.9 cm³/mol. The summed E-state index contributed by atoms with van der Waals surface area (Å²) in [6, 6.07) is 5.89. The van der Waals surface area contributed by atoms with Gasteiger partial charge >= 0.3 is 5.97 Å². The van der Waals surface area contributed by atoms with Gasteiger partial charge in [0.15, 0.2) is 6.61 Å². The second-order valence-electron chi connectivity index (χ2n) is 4.89. The van der Waals surface area contributed by atoms with Gasteiger partial charge in [-0.2, -0.15) is 11.3 Å². The van der Waals surface area contributed by atoms with Crippen molar-refractivity contribution in [3.8, 4) is 5.75 Å². The summed E-state index contributed by atoms with van der Waals surface area (Å²) >= 11 is 1.46. The molecule has 0 saturated heterocycles. The van der Waals surface area contributed by atoms with Gasteiger partial charge in [-0.15, -0.1) is 0 Å². The standard InChI is InChI=1S/C16H16N2O6S/c1-2-23-12-3-4-13(14(8-12)18(21)22)17-15(19)9-24-16(20)7-11-5-6-25-10-11/h3-6,8,10H,2,7,9H2,1H3,(H,17,19). The normalized spacial score (nSPS) is 10.1. The third-order valence-electron chi connectivity index (χ3n) is 3.04. The Bertz CT molecular complexity index is 760. The SMILES string of the molecule is CCOc1ccc(NC(=O)COC(=O)Cc2ccsc2)c([N+](=O)[O-])c1. The minimum absolute atomic E-state index is 0.00679. The van der Waals surface area contributed by atoms with E-state index in [9.17, 15) is 19.7 Å². The molecule has 9 heteroatoms. The first-order valence-corrected chi connectivity index (χ1v) is 8.31. The molecule has 1 heterocycles. The molecule has 0 fully saturated rings. The lowest BCUT2D eigenvalue weighted by atomic mass is 10.2. The number of esters is 1. The second kappa shape index (κ2) is 8.78. The van der Waals surface area contributed by atoms with Gasteiger partial charge in [-0.05, 0) is 41.4 Å². The predicted octanol–water partition coefficient (Wildman–Crippen LogP) is 2.78. The number of nitrogens with one attached hydrogen (secondary N) is 1. The van der Waals surface area contributed by atoms with Gasteiger partial charge in [-0.25, -0.2) is 0 Å². The summed E-state index contributed by atoms with van der Waals surface area (Å²) in [6.07, 6.45) is 0.0694. The molecule has 0 aliphatic rings. The fraction of sp³-hybridized carbons (Fsp3) is 0.250. The van der Waals surface area contributed by atoms with E-state index in [2.05, 4.69) is 5.32 Å². The van der Waals surface area contributed by atoms with E-state index >= 15 is 0 Å². The molecule has 2 rings (SSSR count). The van der Waals surface area contributed by atoms with Gasteiger partial charge in [0.1, 0.15) is 11.4 Å². The van der Waals surface area contributed by atoms with Crippen LogP contribution in [0.4, 0.5) is 11.4 Å². The number of hydrogen-bond acceptors (Lipinski definition) is 7. The maximum Gasteiger partial charge on any atom is 0.310 e. The third kappa shape index (κ3) is 5.57. The number of carbonyl (C=O) groups excluding carboxylic acids is 2. The van der Waals surface area contributed by atoms with Crippen molar-refractivity contribution in [2.45, 2.75) is 13.3 Å². The Balaban J connectivity index is 1.93. The fourth-order valence-electron chi connectivity index (χ4n) is 1.97. The number of nitro groups is 1. The van der Waals surface area contributed by atoms with Crippen LogP contribution < -0.4 is 10.1 Å². The van der Waals surface area contributed by atoms with E-state index in [4.69, 9.17) is 9.47 Å². The van der Waals surface area contributed by atoms with E-state index in [1.54, 1.807) is 13.0 Å². The molecule has 0 aliphatic carbocycles. The Labute approximate surface area is 147 Å². The van der Waals surface area contributed by atoms with Crippen LogP contribution in [0.3, 0.4) is 0 Å². The van der Waals surface area contributed by atoms with E-state index in [0.717, 1.165) is 5.56 Å². The van der Waals surface area contributed by atoms with E-state index in [1.165, 1.54) is 29.5 Å². The van der Waals surface area contributed by atoms with Crippen LogP contribution in [0.2, 0.25) is 0 Å². The first-order valence-electron chi connectivity index (χ1n) is 7.37. The number of ether oxygens (including phenoxy) is 2. The maximum atomic E-state index is 11.9. The van der Waals surface area contributed by atoms with Gasteiger partial charge < -0.3 is 14.8 Å². The molecule has 1 amide bonds. The Morgan fingerprint density at radius 3 is 2.76 bits per heavy atom. The van der Waals surface area contributed by atoms with Crippen molar-refractivity contribution in [3.05, 3.63) is 50.7 Å². The van der Waals surface area contributed by atoms with Crippen molar-refractivity contribution in [1.82, 2.24) is 0 Å². The lowest BCUT2D eigenvalue weighted by molar-refractivity contribution is -0.384. The molecule has 25 heavy (non-hydrogen) atoms. The third-order valence-corrected chi connectivity index (χ3v) is 3.78. The van der Waals surface area contributed by atoms with Crippen molar-refractivity contribution in [2.24, 2.45) is 0 Å². The topological polar surface area (TPSA) is 108 Å². The van der Waals surface area contributed by atoms with Crippen LogP contribution in [0.15, 0.2) is 35.0 Å². The average molecular weight is 364 g/mol. The quantitative estimate of drug-likeness (QED) is 0.438. The highest BCUT2D eigenvalue weighted by atomic mass is 32.1. The van der Waals surface area contributed by atoms with E-state index in [-0.39, 0.29) is 17.8 Å². The lowest BCUT2D eigenvalue weighted by Crippen LogP contribution is -2.22. The molecule has 0 aliphatic heterocycles. The molecule has 0 bridgehead atoms. The van der Waals surface area contributed by atoms with Crippen LogP contribution in [-0.2, 0) is 20.7 Å². The molecule has 0 unspecified atom stereocenters. The summed E-state index contributed by atoms with van der Waals surface area (Å²) in [5, 5.41) is 17.1. The molecule has 8 nitrogen and oxygen atoms in total. The number of nitro benzene ring substituents is 1. The summed E-state index contributed by atoms with van der Waals surface area (Å²) < 4.78 is 10.1. The molecule has 0 atom stereocenters. The van der Waals surface area contributed by atoms with Gasteiger partial charge in [-0.3, -0.25) is 19.7 Å². The van der Waals surface area contributed by atoms with Crippen molar-refractivity contribution in [3.63, 3.8) is 0 Å². The van der Waals surface area contributed by atoms with Crippen molar-refractivity contribution in [2.75, 3.05) is 18.5 Å². The number of anilines is 1. The summed E-state index contributed by atoms with van der Waals surface area (Å²) in [7, 11) is 0. The number of rotatable bonds is 8. The van der Waals surface area contributed by atoms with Crippen LogP contribution in [0.1, 0.15) is 12.5 Å². The molecule has 1 aromatic carbocycles. The minimum Gasteiger partial charge on any atom is -0.494 e. The molecule has 0 saturated carbocycles. The summed E-state index contributed by atoms with van der Waals surface area (Å²) in [5.41, 5.74) is 0.508. The maximum absolute atomic E-state index is 11.9. The Morgan fingerprint density at radius 2 is 2.12 bits per heavy atom. The van der Waals surface area contributed by atoms with Crippen molar-refractivity contribution >= 4 is 34.6 Å². The number of thiophene rings is 1. The first-order chi connectivity index (χ1) is 12.0. The summed E-state index contributed by atoms with van der Waals surface area (Å²) in [6.45, 7) is 1.60. The van der Waals surface area contributed by atoms with E-state index in [0.29, 0.717) is 12.4 Å². The lowest BCUT2D eigenvalue weighted by Gasteiger charge is -2.09. The molecular formula is C16H16N2O6S. The largest absolute Gasteiger partial charge is 0.494 e. The van der Waals surface area contributed by atoms with Gasteiger partial charge in [-0.1, -0.05) is 0 Å². The van der Waals surface area contributed by atoms with Crippen LogP contribution in [0, 0.1) is 10.1 Å². The zero-order valence-corrected chi connectivity index (χ0v) is 14.2. The highest BCUT2D eigenvalue weighted by molar-refractivity contribution is 7.07. The number of amides is 1. The molecule has 0 radical (unpaired) electrons. The molecule has 2 aromatic rings. The summed E-state index contributed by atoms with van der Waals surface area (Å²) in [5.74, 6) is -0.880. The van der Waals surface area contributed by atoms with Crippen molar-refractivity contribution in [1.29, 1.82) is 0 Å². The molecule has 1 N–H and O–H groups in total. The zero-order chi connectivity index (χ0) is 18.2. The van der Waals surface area contributed by atoms with Crippen LogP contribution in [0.25, 0.3) is 0 Å². The molecule has 0 spiro atoms. The monoisotopic (exact) mass is 364 g/mol. The smallest absolute Gasteiger partial charge is 0.310 e. The van der Waals surface area contributed by atoms with Crippen LogP contribution in [0.5, 0.6) is 5.75 Å². The Kier molecular flexibility index (Phi) is 6.47. The van der Waals surface area contributed by atoms with Gasteiger partial charge in [0.05, 0.1) is 24.0 Å². The fourth-order valence-corrected chi connectivity index (χ4v) is 2.64. The van der Waals surface area contributed by atoms with Gasteiger partial charge in [0, 0.05) is 0 Å². The Morgan fingerprint density at radius 1 is 1.32 bits per heavy atom. The number of carbonyl (C=O) groups is 2. The highest BCUT2D eigenvalue weighted by Crippen LogP contribution is 2.29. The minimum atomic E-state index is -0.661. The summed E-state index contributed by atoms with van der Waals surface area (Å²) in [4.78, 5) is 34.0. The second-order valence-corrected chi connectivity index (χ2v) is 5.67. The van der Waals surface area contributed by atoms with E-state index in [1.807, 2.05) is 10.8 Å². The number of benzene rings is 1. The van der Waals surface area contributed by atoms with Crippen molar-refractivity contribution < 1.29 is 24.0 Å². The molecular weight excluding hydrogens is 348 g/mol. The Hall–Kier alpha value is -2.94. The zero-order valence-electron chi connectivity index (χ0n) is 13.4. The van der Waals surface area contributed by atoms with Gasteiger partial charge in [0.2, 0.25) is 0 Å². The highest BCUT2D eigenvalue weighted by Gasteiger charge is 2.18. The van der Waals surface area contributed by atoms with Gasteiger partial charge in [0.25, 0.3) is 11.6 Å².